The molecule has 1 fully saturated rings. The minimum absolute atomic E-state index is 0.204. The van der Waals surface area contributed by atoms with E-state index in [1.807, 2.05) is 6.07 Å². The molecule has 2 atom stereocenters. The monoisotopic (exact) mass is 241 g/mol. The Bertz CT molecular complexity index is 370. The predicted octanol–water partition coefficient (Wildman–Crippen LogP) is 3.89. The van der Waals surface area contributed by atoms with Gasteiger partial charge in [-0.1, -0.05) is 19.4 Å². The molecule has 94 valence electrons. The number of nitrogens with one attached hydrogen (secondary N) is 1. The second-order valence-corrected chi connectivity index (χ2v) is 4.57. The quantitative estimate of drug-likeness (QED) is 0.863. The second-order valence-electron chi connectivity index (χ2n) is 4.57. The molecule has 1 aromatic carbocycles. The van der Waals surface area contributed by atoms with Crippen molar-refractivity contribution in [3.63, 3.8) is 0 Å². The lowest BCUT2D eigenvalue weighted by atomic mass is 10.1. The van der Waals surface area contributed by atoms with E-state index in [2.05, 4.69) is 17.0 Å². The molecule has 1 saturated carbocycles. The van der Waals surface area contributed by atoms with E-state index in [4.69, 9.17) is 0 Å². The molecule has 2 unspecified atom stereocenters. The molecule has 0 spiro atoms. The van der Waals surface area contributed by atoms with Crippen LogP contribution in [0.1, 0.15) is 26.2 Å². The fraction of sp³-hybridized carbons (Fsp3) is 0.538. The van der Waals surface area contributed by atoms with Gasteiger partial charge in [0.05, 0.1) is 0 Å². The van der Waals surface area contributed by atoms with Crippen LogP contribution in [-0.4, -0.2) is 12.7 Å². The van der Waals surface area contributed by atoms with E-state index in [0.717, 1.165) is 12.1 Å². The normalized spacial score (nSPS) is 24.0. The molecule has 0 aromatic heterocycles. The zero-order chi connectivity index (χ0) is 12.3. The van der Waals surface area contributed by atoms with Gasteiger partial charge in [-0.25, -0.2) is 0 Å². The maximum Gasteiger partial charge on any atom is 0.387 e. The maximum atomic E-state index is 12.1. The number of ether oxygens (including phenoxy) is 1. The van der Waals surface area contributed by atoms with Crippen molar-refractivity contribution in [3.05, 3.63) is 24.3 Å². The number of hydrogen-bond acceptors (Lipinski definition) is 2. The van der Waals surface area contributed by atoms with Crippen molar-refractivity contribution in [1.82, 2.24) is 0 Å². The summed E-state index contributed by atoms with van der Waals surface area (Å²) in [6.45, 7) is -0.555. The number of halogens is 2. The van der Waals surface area contributed by atoms with Crippen LogP contribution in [0.15, 0.2) is 24.3 Å². The Morgan fingerprint density at radius 3 is 2.82 bits per heavy atom. The number of benzene rings is 1. The molecule has 0 aliphatic heterocycles. The zero-order valence-corrected chi connectivity index (χ0v) is 9.83. The van der Waals surface area contributed by atoms with Gasteiger partial charge in [-0.15, -0.1) is 0 Å². The lowest BCUT2D eigenvalue weighted by Gasteiger charge is -2.19. The molecule has 2 nitrogen and oxygen atoms in total. The van der Waals surface area contributed by atoms with Crippen molar-refractivity contribution in [2.45, 2.75) is 38.8 Å². The molecule has 0 heterocycles. The van der Waals surface area contributed by atoms with Crippen molar-refractivity contribution in [2.24, 2.45) is 5.92 Å². The number of anilines is 1. The fourth-order valence-corrected chi connectivity index (χ4v) is 2.34. The third kappa shape index (κ3) is 3.32. The van der Waals surface area contributed by atoms with Crippen molar-refractivity contribution in [1.29, 1.82) is 0 Å². The molecule has 1 aromatic rings. The molecule has 2 rings (SSSR count). The summed E-state index contributed by atoms with van der Waals surface area (Å²) >= 11 is 0. The first-order chi connectivity index (χ1) is 8.15. The Morgan fingerprint density at radius 2 is 2.18 bits per heavy atom. The SMILES string of the molecule is CC1CCCC1Nc1cccc(OC(F)F)c1. The van der Waals surface area contributed by atoms with Crippen LogP contribution in [0.2, 0.25) is 0 Å². The van der Waals surface area contributed by atoms with Gasteiger partial charge in [0.1, 0.15) is 5.75 Å². The molecule has 4 heteroatoms. The van der Waals surface area contributed by atoms with Gasteiger partial charge in [-0.05, 0) is 30.9 Å². The molecule has 0 saturated heterocycles. The van der Waals surface area contributed by atoms with Gasteiger partial charge in [0.25, 0.3) is 0 Å². The summed E-state index contributed by atoms with van der Waals surface area (Å²) in [4.78, 5) is 0. The Kier molecular flexibility index (Phi) is 3.82. The average Bonchev–Trinajstić information content (AvgIpc) is 2.64. The largest absolute Gasteiger partial charge is 0.435 e. The second kappa shape index (κ2) is 5.34. The Balaban J connectivity index is 2.00. The molecule has 0 bridgehead atoms. The Hall–Kier alpha value is -1.32. The Morgan fingerprint density at radius 1 is 1.35 bits per heavy atom. The molecule has 1 aliphatic carbocycles. The summed E-state index contributed by atoms with van der Waals surface area (Å²) in [5.74, 6) is 0.838. The van der Waals surface area contributed by atoms with E-state index < -0.39 is 6.61 Å². The fourth-order valence-electron chi connectivity index (χ4n) is 2.34. The summed E-state index contributed by atoms with van der Waals surface area (Å²) < 4.78 is 28.5. The van der Waals surface area contributed by atoms with Crippen LogP contribution in [-0.2, 0) is 0 Å². The van der Waals surface area contributed by atoms with Gasteiger partial charge in [0.15, 0.2) is 0 Å². The predicted molar refractivity (Wildman–Crippen MR) is 63.5 cm³/mol. The molecular formula is C13H17F2NO. The summed E-state index contributed by atoms with van der Waals surface area (Å²) in [5.41, 5.74) is 0.849. The van der Waals surface area contributed by atoms with Crippen molar-refractivity contribution in [3.8, 4) is 5.75 Å². The lowest BCUT2D eigenvalue weighted by Crippen LogP contribution is -2.21. The van der Waals surface area contributed by atoms with Gasteiger partial charge in [0, 0.05) is 17.8 Å². The summed E-state index contributed by atoms with van der Waals surface area (Å²) in [6.07, 6.45) is 3.60. The van der Waals surface area contributed by atoms with Gasteiger partial charge < -0.3 is 10.1 Å². The van der Waals surface area contributed by atoms with Crippen molar-refractivity contribution in [2.75, 3.05) is 5.32 Å². The minimum atomic E-state index is -2.77. The van der Waals surface area contributed by atoms with Crippen LogP contribution < -0.4 is 10.1 Å². The smallest absolute Gasteiger partial charge is 0.387 e. The van der Waals surface area contributed by atoms with Crippen molar-refractivity contribution >= 4 is 5.69 Å². The Labute approximate surface area is 100.0 Å². The first kappa shape index (κ1) is 12.1. The third-order valence-electron chi connectivity index (χ3n) is 3.27. The topological polar surface area (TPSA) is 21.3 Å². The van der Waals surface area contributed by atoms with Crippen LogP contribution in [0.4, 0.5) is 14.5 Å². The van der Waals surface area contributed by atoms with Crippen LogP contribution >= 0.6 is 0 Å². The highest BCUT2D eigenvalue weighted by Gasteiger charge is 2.22. The molecule has 17 heavy (non-hydrogen) atoms. The summed E-state index contributed by atoms with van der Waals surface area (Å²) in [7, 11) is 0. The van der Waals surface area contributed by atoms with Crippen molar-refractivity contribution < 1.29 is 13.5 Å². The number of hydrogen-bond donors (Lipinski definition) is 1. The first-order valence-electron chi connectivity index (χ1n) is 5.96. The maximum absolute atomic E-state index is 12.1. The average molecular weight is 241 g/mol. The highest BCUT2D eigenvalue weighted by atomic mass is 19.3. The van der Waals surface area contributed by atoms with E-state index >= 15 is 0 Å². The van der Waals surface area contributed by atoms with Gasteiger partial charge >= 0.3 is 6.61 Å². The third-order valence-corrected chi connectivity index (χ3v) is 3.27. The molecular weight excluding hydrogens is 224 g/mol. The minimum Gasteiger partial charge on any atom is -0.435 e. The standard InChI is InChI=1S/C13H17F2NO/c1-9-4-2-7-12(9)16-10-5-3-6-11(8-10)17-13(14)15/h3,5-6,8-9,12-13,16H,2,4,7H2,1H3. The van der Waals surface area contributed by atoms with E-state index in [0.29, 0.717) is 12.0 Å². The van der Waals surface area contributed by atoms with Crippen LogP contribution in [0.3, 0.4) is 0 Å². The van der Waals surface area contributed by atoms with Gasteiger partial charge in [-0.3, -0.25) is 0 Å². The molecule has 1 aliphatic rings. The summed E-state index contributed by atoms with van der Waals surface area (Å²) in [5, 5.41) is 3.38. The highest BCUT2D eigenvalue weighted by Crippen LogP contribution is 2.29. The van der Waals surface area contributed by atoms with E-state index in [9.17, 15) is 8.78 Å². The molecule has 1 N–H and O–H groups in total. The summed E-state index contributed by atoms with van der Waals surface area (Å²) in [6, 6.07) is 7.20. The lowest BCUT2D eigenvalue weighted by molar-refractivity contribution is -0.0498. The molecule has 0 radical (unpaired) electrons. The number of alkyl halides is 2. The highest BCUT2D eigenvalue weighted by molar-refractivity contribution is 5.49. The van der Waals surface area contributed by atoms with Gasteiger partial charge in [0.2, 0.25) is 0 Å². The van der Waals surface area contributed by atoms with Crippen LogP contribution in [0, 0.1) is 5.92 Å². The van der Waals surface area contributed by atoms with Gasteiger partial charge in [-0.2, -0.15) is 8.78 Å². The van der Waals surface area contributed by atoms with E-state index in [-0.39, 0.29) is 5.75 Å². The van der Waals surface area contributed by atoms with Crippen LogP contribution in [0.5, 0.6) is 5.75 Å². The van der Waals surface area contributed by atoms with E-state index in [1.165, 1.54) is 18.9 Å². The van der Waals surface area contributed by atoms with E-state index in [1.54, 1.807) is 12.1 Å². The zero-order valence-electron chi connectivity index (χ0n) is 9.83. The number of rotatable bonds is 4. The molecule has 0 amide bonds. The first-order valence-corrected chi connectivity index (χ1v) is 5.96. The van der Waals surface area contributed by atoms with Crippen LogP contribution in [0.25, 0.3) is 0 Å².